The van der Waals surface area contributed by atoms with Crippen LogP contribution in [0, 0.1) is 0 Å². The van der Waals surface area contributed by atoms with E-state index in [1.807, 2.05) is 6.21 Å². The second-order valence-electron chi connectivity index (χ2n) is 5.35. The zero-order chi connectivity index (χ0) is 13.8. The van der Waals surface area contributed by atoms with Gasteiger partial charge >= 0.3 is 0 Å². The van der Waals surface area contributed by atoms with E-state index in [9.17, 15) is 0 Å². The average molecular weight is 265 g/mol. The molecule has 0 saturated carbocycles. The summed E-state index contributed by atoms with van der Waals surface area (Å²) in [6.45, 7) is 4.93. The molecule has 1 unspecified atom stereocenters. The van der Waals surface area contributed by atoms with Gasteiger partial charge in [0.1, 0.15) is 6.17 Å². The minimum atomic E-state index is 0.373. The lowest BCUT2D eigenvalue weighted by Gasteiger charge is -2.21. The molecule has 0 bridgehead atoms. The third-order valence-corrected chi connectivity index (χ3v) is 3.66. The van der Waals surface area contributed by atoms with Crippen LogP contribution in [0.15, 0.2) is 17.1 Å². The highest BCUT2D eigenvalue weighted by molar-refractivity contribution is 5.62. The maximum absolute atomic E-state index is 5.60. The van der Waals surface area contributed by atoms with Gasteiger partial charge in [0.15, 0.2) is 0 Å². The van der Waals surface area contributed by atoms with Crippen LogP contribution in [0.2, 0.25) is 0 Å². The predicted octanol–water partition coefficient (Wildman–Crippen LogP) is 3.35. The molecule has 110 valence electrons. The fourth-order valence-corrected chi connectivity index (χ4v) is 2.50. The van der Waals surface area contributed by atoms with Crippen LogP contribution in [0.4, 0.5) is 0 Å². The average Bonchev–Trinajstić information content (AvgIpc) is 2.85. The predicted molar refractivity (Wildman–Crippen MR) is 84.7 cm³/mol. The Hall–Kier alpha value is -0.670. The van der Waals surface area contributed by atoms with Crippen molar-refractivity contribution in [1.82, 2.24) is 4.90 Å². The van der Waals surface area contributed by atoms with Gasteiger partial charge in [-0.15, -0.1) is 0 Å². The Kier molecular flexibility index (Phi) is 9.64. The van der Waals surface area contributed by atoms with E-state index in [-0.39, 0.29) is 0 Å². The van der Waals surface area contributed by atoms with E-state index in [0.29, 0.717) is 6.17 Å². The van der Waals surface area contributed by atoms with Crippen LogP contribution < -0.4 is 5.73 Å². The number of aliphatic imine (C=N–C) groups is 1. The van der Waals surface area contributed by atoms with E-state index in [0.717, 1.165) is 32.5 Å². The molecular weight excluding hydrogens is 234 g/mol. The van der Waals surface area contributed by atoms with Gasteiger partial charge in [0, 0.05) is 25.8 Å². The van der Waals surface area contributed by atoms with Crippen molar-refractivity contribution >= 4 is 6.21 Å². The number of allylic oxidation sites excluding steroid dienone is 2. The lowest BCUT2D eigenvalue weighted by Crippen LogP contribution is -2.34. The first kappa shape index (κ1) is 16.4. The Labute approximate surface area is 119 Å². The lowest BCUT2D eigenvalue weighted by atomic mass is 10.1. The minimum absolute atomic E-state index is 0.373. The van der Waals surface area contributed by atoms with Gasteiger partial charge in [-0.3, -0.25) is 9.89 Å². The van der Waals surface area contributed by atoms with E-state index >= 15 is 0 Å². The van der Waals surface area contributed by atoms with Gasteiger partial charge in [-0.25, -0.2) is 0 Å². The SMILES string of the molecule is CCCCCCC/C=C/CCC1N=CCN1CCN. The Morgan fingerprint density at radius 3 is 2.79 bits per heavy atom. The Morgan fingerprint density at radius 2 is 2.00 bits per heavy atom. The van der Waals surface area contributed by atoms with Gasteiger partial charge in [0.2, 0.25) is 0 Å². The highest BCUT2D eigenvalue weighted by Gasteiger charge is 2.18. The summed E-state index contributed by atoms with van der Waals surface area (Å²) in [5.74, 6) is 0. The number of hydrogen-bond donors (Lipinski definition) is 1. The molecule has 1 aliphatic rings. The smallest absolute Gasteiger partial charge is 0.102 e. The molecule has 1 aliphatic heterocycles. The van der Waals surface area contributed by atoms with Crippen LogP contribution in [0.5, 0.6) is 0 Å². The molecule has 0 aromatic carbocycles. The standard InChI is InChI=1S/C16H31N3/c1-2-3-4-5-6-7-8-9-10-11-16-18-13-15-19(16)14-12-17/h8-9,13,16H,2-7,10-12,14-15,17H2,1H3/b9-8+. The zero-order valence-electron chi connectivity index (χ0n) is 12.6. The van der Waals surface area contributed by atoms with Gasteiger partial charge < -0.3 is 5.73 Å². The van der Waals surface area contributed by atoms with Crippen LogP contribution in [0.1, 0.15) is 58.3 Å². The number of nitrogens with two attached hydrogens (primary N) is 1. The number of rotatable bonds is 11. The van der Waals surface area contributed by atoms with E-state index < -0.39 is 0 Å². The van der Waals surface area contributed by atoms with Gasteiger partial charge in [0.25, 0.3) is 0 Å². The molecule has 3 nitrogen and oxygen atoms in total. The number of nitrogens with zero attached hydrogens (tertiary/aromatic N) is 2. The van der Waals surface area contributed by atoms with Gasteiger partial charge in [-0.05, 0) is 25.7 Å². The summed E-state index contributed by atoms with van der Waals surface area (Å²) < 4.78 is 0. The molecule has 0 spiro atoms. The molecule has 1 rings (SSSR count). The summed E-state index contributed by atoms with van der Waals surface area (Å²) in [6.07, 6.45) is 17.4. The molecule has 0 aliphatic carbocycles. The van der Waals surface area contributed by atoms with Crippen molar-refractivity contribution in [3.63, 3.8) is 0 Å². The van der Waals surface area contributed by atoms with Crippen molar-refractivity contribution in [2.75, 3.05) is 19.6 Å². The van der Waals surface area contributed by atoms with E-state index in [4.69, 9.17) is 5.73 Å². The molecule has 1 heterocycles. The van der Waals surface area contributed by atoms with Crippen molar-refractivity contribution in [3.8, 4) is 0 Å². The second-order valence-corrected chi connectivity index (χ2v) is 5.35. The largest absolute Gasteiger partial charge is 0.329 e. The molecule has 2 N–H and O–H groups in total. The third kappa shape index (κ3) is 7.48. The van der Waals surface area contributed by atoms with E-state index in [2.05, 4.69) is 29.0 Å². The van der Waals surface area contributed by atoms with Gasteiger partial charge in [-0.2, -0.15) is 0 Å². The quantitative estimate of drug-likeness (QED) is 0.460. The van der Waals surface area contributed by atoms with Gasteiger partial charge in [-0.1, -0.05) is 44.8 Å². The summed E-state index contributed by atoms with van der Waals surface area (Å²) in [5, 5.41) is 0. The fourth-order valence-electron chi connectivity index (χ4n) is 2.50. The van der Waals surface area contributed by atoms with Crippen LogP contribution in [0.25, 0.3) is 0 Å². The molecule has 0 radical (unpaired) electrons. The van der Waals surface area contributed by atoms with Crippen LogP contribution in [-0.4, -0.2) is 36.9 Å². The molecule has 0 aromatic rings. The van der Waals surface area contributed by atoms with Crippen molar-refractivity contribution in [3.05, 3.63) is 12.2 Å². The highest BCUT2D eigenvalue weighted by Crippen LogP contribution is 2.13. The Morgan fingerprint density at radius 1 is 1.21 bits per heavy atom. The lowest BCUT2D eigenvalue weighted by molar-refractivity contribution is 0.247. The number of hydrogen-bond acceptors (Lipinski definition) is 3. The summed E-state index contributed by atoms with van der Waals surface area (Å²) in [4.78, 5) is 6.87. The first-order chi connectivity index (χ1) is 9.38. The summed E-state index contributed by atoms with van der Waals surface area (Å²) in [6, 6.07) is 0. The normalized spacial score (nSPS) is 19.8. The summed E-state index contributed by atoms with van der Waals surface area (Å²) in [7, 11) is 0. The van der Waals surface area contributed by atoms with Crippen molar-refractivity contribution in [2.45, 2.75) is 64.5 Å². The molecule has 0 aromatic heterocycles. The van der Waals surface area contributed by atoms with Crippen molar-refractivity contribution in [1.29, 1.82) is 0 Å². The summed E-state index contributed by atoms with van der Waals surface area (Å²) in [5.41, 5.74) is 5.60. The fraction of sp³-hybridized carbons (Fsp3) is 0.812. The molecule has 0 amide bonds. The molecule has 0 saturated heterocycles. The Balaban J connectivity index is 1.98. The highest BCUT2D eigenvalue weighted by atomic mass is 15.3. The summed E-state index contributed by atoms with van der Waals surface area (Å²) >= 11 is 0. The van der Waals surface area contributed by atoms with Crippen LogP contribution in [-0.2, 0) is 0 Å². The monoisotopic (exact) mass is 265 g/mol. The van der Waals surface area contributed by atoms with Crippen LogP contribution in [0.3, 0.4) is 0 Å². The first-order valence-electron chi connectivity index (χ1n) is 7.99. The van der Waals surface area contributed by atoms with E-state index in [1.54, 1.807) is 0 Å². The first-order valence-corrected chi connectivity index (χ1v) is 7.99. The molecular formula is C16H31N3. The van der Waals surface area contributed by atoms with Crippen molar-refractivity contribution in [2.24, 2.45) is 10.7 Å². The van der Waals surface area contributed by atoms with E-state index in [1.165, 1.54) is 38.5 Å². The molecule has 1 atom stereocenters. The topological polar surface area (TPSA) is 41.6 Å². The minimum Gasteiger partial charge on any atom is -0.329 e. The molecule has 19 heavy (non-hydrogen) atoms. The van der Waals surface area contributed by atoms with Crippen molar-refractivity contribution < 1.29 is 0 Å². The molecule has 3 heteroatoms. The maximum Gasteiger partial charge on any atom is 0.102 e. The number of unbranched alkanes of at least 4 members (excludes halogenated alkanes) is 5. The Bertz CT molecular complexity index is 261. The zero-order valence-corrected chi connectivity index (χ0v) is 12.6. The van der Waals surface area contributed by atoms with Crippen LogP contribution >= 0.6 is 0 Å². The maximum atomic E-state index is 5.60. The third-order valence-electron chi connectivity index (χ3n) is 3.66. The second kappa shape index (κ2) is 11.2. The van der Waals surface area contributed by atoms with Gasteiger partial charge in [0.05, 0.1) is 0 Å². The molecule has 0 fully saturated rings.